The standard InChI is InChI=1S/C9H10O3/c1-4-7-5-2-3-6(12-5)8(7)9(10)11-4/h5-8H,1-3H2/t5-,6+,7?,8?/m0/s1. The molecule has 3 fully saturated rings. The molecule has 64 valence electrons. The molecule has 12 heavy (non-hydrogen) atoms. The SMILES string of the molecule is C=C1OC(=O)C2C1[C@@H]1CC[C@H]2O1. The maximum atomic E-state index is 11.3. The first-order valence-corrected chi connectivity index (χ1v) is 4.33. The zero-order chi connectivity index (χ0) is 8.29. The van der Waals surface area contributed by atoms with Crippen LogP contribution < -0.4 is 0 Å². The Morgan fingerprint density at radius 3 is 2.58 bits per heavy atom. The molecule has 3 rings (SSSR count). The third-order valence-corrected chi connectivity index (χ3v) is 3.15. The lowest BCUT2D eigenvalue weighted by molar-refractivity contribution is -0.141. The van der Waals surface area contributed by atoms with E-state index in [1.807, 2.05) is 0 Å². The summed E-state index contributed by atoms with van der Waals surface area (Å²) in [7, 11) is 0. The van der Waals surface area contributed by atoms with Crippen LogP contribution in [-0.4, -0.2) is 18.2 Å². The van der Waals surface area contributed by atoms with Crippen molar-refractivity contribution in [3.8, 4) is 0 Å². The lowest BCUT2D eigenvalue weighted by Gasteiger charge is -2.15. The van der Waals surface area contributed by atoms with Crippen molar-refractivity contribution in [2.45, 2.75) is 25.0 Å². The van der Waals surface area contributed by atoms with E-state index in [4.69, 9.17) is 9.47 Å². The van der Waals surface area contributed by atoms with Crippen LogP contribution in [0.25, 0.3) is 0 Å². The predicted molar refractivity (Wildman–Crippen MR) is 40.1 cm³/mol. The van der Waals surface area contributed by atoms with Crippen LogP contribution in [0.1, 0.15) is 12.8 Å². The van der Waals surface area contributed by atoms with Gasteiger partial charge in [0, 0.05) is 0 Å². The smallest absolute Gasteiger partial charge is 0.317 e. The molecule has 0 radical (unpaired) electrons. The largest absolute Gasteiger partial charge is 0.431 e. The van der Waals surface area contributed by atoms with Gasteiger partial charge in [0.05, 0.1) is 24.0 Å². The highest BCUT2D eigenvalue weighted by Gasteiger charge is 2.58. The van der Waals surface area contributed by atoms with Gasteiger partial charge < -0.3 is 9.47 Å². The van der Waals surface area contributed by atoms with Crippen LogP contribution in [0.2, 0.25) is 0 Å². The Hall–Kier alpha value is -0.830. The highest BCUT2D eigenvalue weighted by molar-refractivity contribution is 5.78. The molecule has 0 amide bonds. The summed E-state index contributed by atoms with van der Waals surface area (Å²) in [6.07, 6.45) is 2.39. The van der Waals surface area contributed by atoms with E-state index in [-0.39, 0.29) is 30.0 Å². The van der Waals surface area contributed by atoms with Crippen molar-refractivity contribution in [1.82, 2.24) is 0 Å². The van der Waals surface area contributed by atoms with Crippen molar-refractivity contribution in [1.29, 1.82) is 0 Å². The van der Waals surface area contributed by atoms with Gasteiger partial charge in [-0.2, -0.15) is 0 Å². The van der Waals surface area contributed by atoms with E-state index in [1.54, 1.807) is 0 Å². The van der Waals surface area contributed by atoms with Crippen molar-refractivity contribution in [3.05, 3.63) is 12.3 Å². The lowest BCUT2D eigenvalue weighted by Crippen LogP contribution is -2.27. The Morgan fingerprint density at radius 2 is 1.92 bits per heavy atom. The van der Waals surface area contributed by atoms with Gasteiger partial charge in [-0.3, -0.25) is 4.79 Å². The maximum absolute atomic E-state index is 11.3. The summed E-state index contributed by atoms with van der Waals surface area (Å²) in [5.41, 5.74) is 0. The third-order valence-electron chi connectivity index (χ3n) is 3.15. The van der Waals surface area contributed by atoms with Crippen molar-refractivity contribution in [2.75, 3.05) is 0 Å². The summed E-state index contributed by atoms with van der Waals surface area (Å²) in [4.78, 5) is 11.3. The Bertz CT molecular complexity index is 245. The minimum atomic E-state index is -0.128. The first kappa shape index (κ1) is 6.66. The van der Waals surface area contributed by atoms with Crippen molar-refractivity contribution in [3.63, 3.8) is 0 Å². The molecule has 2 unspecified atom stereocenters. The maximum Gasteiger partial charge on any atom is 0.317 e. The molecule has 2 bridgehead atoms. The molecule has 0 aromatic rings. The van der Waals surface area contributed by atoms with Gasteiger partial charge in [0.15, 0.2) is 0 Å². The van der Waals surface area contributed by atoms with Crippen molar-refractivity contribution >= 4 is 5.97 Å². The number of carbonyl (C=O) groups excluding carboxylic acids is 1. The normalized spacial score (nSPS) is 49.7. The van der Waals surface area contributed by atoms with Gasteiger partial charge in [-0.15, -0.1) is 0 Å². The van der Waals surface area contributed by atoms with E-state index >= 15 is 0 Å². The molecule has 4 atom stereocenters. The number of esters is 1. The summed E-state index contributed by atoms with van der Waals surface area (Å²) in [6.45, 7) is 3.74. The topological polar surface area (TPSA) is 35.5 Å². The average molecular weight is 166 g/mol. The summed E-state index contributed by atoms with van der Waals surface area (Å²) >= 11 is 0. The fourth-order valence-corrected chi connectivity index (χ4v) is 2.65. The van der Waals surface area contributed by atoms with Gasteiger partial charge in [-0.05, 0) is 12.8 Å². The van der Waals surface area contributed by atoms with Crippen LogP contribution in [0.15, 0.2) is 12.3 Å². The number of fused-ring (bicyclic) bond motifs is 5. The monoisotopic (exact) mass is 166 g/mol. The summed E-state index contributed by atoms with van der Waals surface area (Å²) < 4.78 is 10.6. The molecule has 3 saturated heterocycles. The fourth-order valence-electron chi connectivity index (χ4n) is 2.65. The Kier molecular flexibility index (Phi) is 1.06. The minimum absolute atomic E-state index is 0.0313. The zero-order valence-electron chi connectivity index (χ0n) is 6.66. The van der Waals surface area contributed by atoms with Crippen LogP contribution in [0.3, 0.4) is 0 Å². The number of hydrogen-bond donors (Lipinski definition) is 0. The summed E-state index contributed by atoms with van der Waals surface area (Å²) in [6, 6.07) is 0. The van der Waals surface area contributed by atoms with E-state index in [0.717, 1.165) is 12.8 Å². The van der Waals surface area contributed by atoms with Crippen LogP contribution in [0.4, 0.5) is 0 Å². The highest BCUT2D eigenvalue weighted by Crippen LogP contribution is 2.50. The molecule has 3 aliphatic rings. The van der Waals surface area contributed by atoms with Gasteiger partial charge in [-0.1, -0.05) is 6.58 Å². The summed E-state index contributed by atoms with van der Waals surface area (Å²) in [5, 5.41) is 0. The molecule has 0 N–H and O–H groups in total. The van der Waals surface area contributed by atoms with Crippen molar-refractivity contribution in [2.24, 2.45) is 11.8 Å². The van der Waals surface area contributed by atoms with Gasteiger partial charge in [0.1, 0.15) is 5.76 Å². The molecular weight excluding hydrogens is 156 g/mol. The second kappa shape index (κ2) is 1.91. The van der Waals surface area contributed by atoms with Crippen LogP contribution in [0.5, 0.6) is 0 Å². The molecule has 3 heteroatoms. The Labute approximate surface area is 70.3 Å². The molecular formula is C9H10O3. The molecule has 0 saturated carbocycles. The quantitative estimate of drug-likeness (QED) is 0.500. The second-order valence-electron chi connectivity index (χ2n) is 3.73. The first-order chi connectivity index (χ1) is 5.77. The fraction of sp³-hybridized carbons (Fsp3) is 0.667. The molecule has 3 heterocycles. The second-order valence-corrected chi connectivity index (χ2v) is 3.73. The predicted octanol–water partition coefficient (Wildman–Crippen LogP) is 0.850. The Balaban J connectivity index is 2.03. The molecule has 3 nitrogen and oxygen atoms in total. The number of ether oxygens (including phenoxy) is 2. The number of hydrogen-bond acceptors (Lipinski definition) is 3. The van der Waals surface area contributed by atoms with E-state index in [2.05, 4.69) is 6.58 Å². The average Bonchev–Trinajstić information content (AvgIpc) is 2.64. The highest BCUT2D eigenvalue weighted by atomic mass is 16.6. The van der Waals surface area contributed by atoms with Crippen LogP contribution >= 0.6 is 0 Å². The van der Waals surface area contributed by atoms with Gasteiger partial charge >= 0.3 is 5.97 Å². The van der Waals surface area contributed by atoms with Gasteiger partial charge in [-0.25, -0.2) is 0 Å². The third kappa shape index (κ3) is 0.591. The van der Waals surface area contributed by atoms with E-state index in [1.165, 1.54) is 0 Å². The zero-order valence-corrected chi connectivity index (χ0v) is 6.66. The van der Waals surface area contributed by atoms with E-state index in [9.17, 15) is 4.79 Å². The minimum Gasteiger partial charge on any atom is -0.431 e. The van der Waals surface area contributed by atoms with Gasteiger partial charge in [0.2, 0.25) is 0 Å². The van der Waals surface area contributed by atoms with Gasteiger partial charge in [0.25, 0.3) is 0 Å². The first-order valence-electron chi connectivity index (χ1n) is 4.33. The molecule has 3 aliphatic heterocycles. The molecule has 0 aliphatic carbocycles. The van der Waals surface area contributed by atoms with Crippen LogP contribution in [0, 0.1) is 11.8 Å². The summed E-state index contributed by atoms with van der Waals surface area (Å²) in [5.74, 6) is 0.627. The molecule has 0 aromatic heterocycles. The van der Waals surface area contributed by atoms with E-state index in [0.29, 0.717) is 5.76 Å². The van der Waals surface area contributed by atoms with Crippen molar-refractivity contribution < 1.29 is 14.3 Å². The Morgan fingerprint density at radius 1 is 1.25 bits per heavy atom. The van der Waals surface area contributed by atoms with E-state index < -0.39 is 0 Å². The lowest BCUT2D eigenvalue weighted by atomic mass is 9.80. The number of cyclic esters (lactones) is 1. The molecule has 0 spiro atoms. The number of rotatable bonds is 0. The number of carbonyl (C=O) groups is 1. The molecule has 0 aromatic carbocycles. The van der Waals surface area contributed by atoms with Crippen LogP contribution in [-0.2, 0) is 14.3 Å².